The van der Waals surface area contributed by atoms with Crippen LogP contribution in [0.25, 0.3) is 22.4 Å². The number of urea groups is 1. The number of nitrogens with zero attached hydrogens (tertiary/aromatic N) is 1. The summed E-state index contributed by atoms with van der Waals surface area (Å²) in [5.41, 5.74) is 1.52. The van der Waals surface area contributed by atoms with Gasteiger partial charge in [0.1, 0.15) is 11.3 Å². The summed E-state index contributed by atoms with van der Waals surface area (Å²) in [4.78, 5) is 15.9. The van der Waals surface area contributed by atoms with Gasteiger partial charge < -0.3 is 9.73 Å². The maximum absolute atomic E-state index is 11.5. The average molecular weight is 299 g/mol. The number of hydrogen-bond donors (Lipinski definition) is 2. The zero-order chi connectivity index (χ0) is 14.7. The molecule has 0 atom stereocenters. The topological polar surface area (TPSA) is 67.2 Å². The number of furan rings is 1. The SMILES string of the molecule is C=CCNC(=O)Nc1nc(-c2cc3ccccc3o2)cs1. The van der Waals surface area contributed by atoms with Crippen molar-refractivity contribution in [3.63, 3.8) is 0 Å². The van der Waals surface area contributed by atoms with Gasteiger partial charge in [0.15, 0.2) is 10.9 Å². The van der Waals surface area contributed by atoms with Crippen LogP contribution in [0.2, 0.25) is 0 Å². The molecule has 2 N–H and O–H groups in total. The molecule has 2 heterocycles. The fraction of sp³-hybridized carbons (Fsp3) is 0.0667. The number of para-hydroxylation sites is 1. The van der Waals surface area contributed by atoms with E-state index in [2.05, 4.69) is 22.2 Å². The molecule has 21 heavy (non-hydrogen) atoms. The Morgan fingerprint density at radius 1 is 1.43 bits per heavy atom. The second-order valence-corrected chi connectivity index (χ2v) is 5.17. The van der Waals surface area contributed by atoms with Crippen molar-refractivity contribution >= 4 is 33.5 Å². The number of carbonyl (C=O) groups excluding carboxylic acids is 1. The van der Waals surface area contributed by atoms with Crippen LogP contribution in [-0.2, 0) is 0 Å². The van der Waals surface area contributed by atoms with Gasteiger partial charge in [0.2, 0.25) is 0 Å². The van der Waals surface area contributed by atoms with E-state index in [1.54, 1.807) is 6.08 Å². The summed E-state index contributed by atoms with van der Waals surface area (Å²) < 4.78 is 5.74. The van der Waals surface area contributed by atoms with Crippen LogP contribution in [0.5, 0.6) is 0 Å². The molecule has 5 nitrogen and oxygen atoms in total. The summed E-state index contributed by atoms with van der Waals surface area (Å²) >= 11 is 1.35. The maximum Gasteiger partial charge on any atom is 0.321 e. The van der Waals surface area contributed by atoms with Gasteiger partial charge in [0, 0.05) is 17.3 Å². The lowest BCUT2D eigenvalue weighted by atomic mass is 10.2. The van der Waals surface area contributed by atoms with Crippen molar-refractivity contribution in [1.29, 1.82) is 0 Å². The Hall–Kier alpha value is -2.60. The van der Waals surface area contributed by atoms with E-state index in [9.17, 15) is 4.79 Å². The summed E-state index contributed by atoms with van der Waals surface area (Å²) in [6.45, 7) is 3.95. The highest BCUT2D eigenvalue weighted by Gasteiger charge is 2.11. The number of carbonyl (C=O) groups is 1. The Morgan fingerprint density at radius 3 is 3.10 bits per heavy atom. The van der Waals surface area contributed by atoms with Crippen LogP contribution < -0.4 is 10.6 Å². The molecule has 2 aromatic heterocycles. The first-order valence-electron chi connectivity index (χ1n) is 6.36. The largest absolute Gasteiger partial charge is 0.454 e. The molecule has 0 radical (unpaired) electrons. The zero-order valence-electron chi connectivity index (χ0n) is 11.1. The standard InChI is InChI=1S/C15H13N3O2S/c1-2-7-16-14(19)18-15-17-11(9-21-15)13-8-10-5-3-4-6-12(10)20-13/h2-6,8-9H,1,7H2,(H2,16,17,18,19). The number of benzene rings is 1. The summed E-state index contributed by atoms with van der Waals surface area (Å²) in [7, 11) is 0. The summed E-state index contributed by atoms with van der Waals surface area (Å²) in [6.07, 6.45) is 1.61. The Kier molecular flexibility index (Phi) is 3.70. The highest BCUT2D eigenvalue weighted by atomic mass is 32.1. The third-order valence-electron chi connectivity index (χ3n) is 2.81. The van der Waals surface area contributed by atoms with Gasteiger partial charge in [-0.2, -0.15) is 0 Å². The van der Waals surface area contributed by atoms with E-state index in [1.165, 1.54) is 11.3 Å². The van der Waals surface area contributed by atoms with Gasteiger partial charge in [-0.05, 0) is 12.1 Å². The van der Waals surface area contributed by atoms with Crippen molar-refractivity contribution in [3.8, 4) is 11.5 Å². The lowest BCUT2D eigenvalue weighted by Crippen LogP contribution is -2.28. The second-order valence-electron chi connectivity index (χ2n) is 4.31. The monoisotopic (exact) mass is 299 g/mol. The van der Waals surface area contributed by atoms with E-state index >= 15 is 0 Å². The van der Waals surface area contributed by atoms with E-state index in [0.717, 1.165) is 11.0 Å². The number of anilines is 1. The van der Waals surface area contributed by atoms with Crippen molar-refractivity contribution in [2.45, 2.75) is 0 Å². The van der Waals surface area contributed by atoms with Gasteiger partial charge in [0.25, 0.3) is 0 Å². The molecule has 0 saturated heterocycles. The number of hydrogen-bond acceptors (Lipinski definition) is 4. The van der Waals surface area contributed by atoms with E-state index in [1.807, 2.05) is 35.7 Å². The summed E-state index contributed by atoms with van der Waals surface area (Å²) in [5, 5.41) is 8.69. The fourth-order valence-corrected chi connectivity index (χ4v) is 2.55. The number of rotatable bonds is 4. The van der Waals surface area contributed by atoms with E-state index < -0.39 is 0 Å². The van der Waals surface area contributed by atoms with Crippen molar-refractivity contribution in [3.05, 3.63) is 48.4 Å². The Labute approximate surface area is 125 Å². The van der Waals surface area contributed by atoms with Gasteiger partial charge in [-0.3, -0.25) is 5.32 Å². The quantitative estimate of drug-likeness (QED) is 0.719. The molecule has 0 aliphatic heterocycles. The Balaban J connectivity index is 1.78. The molecule has 0 aliphatic carbocycles. The van der Waals surface area contributed by atoms with Crippen molar-refractivity contribution in [2.75, 3.05) is 11.9 Å². The predicted octanol–water partition coefficient (Wildman–Crippen LogP) is 3.86. The van der Waals surface area contributed by atoms with Crippen LogP contribution >= 0.6 is 11.3 Å². The molecule has 1 aromatic carbocycles. The second kappa shape index (κ2) is 5.80. The van der Waals surface area contributed by atoms with Crippen molar-refractivity contribution in [1.82, 2.24) is 10.3 Å². The molecule has 0 bridgehead atoms. The summed E-state index contributed by atoms with van der Waals surface area (Å²) in [5.74, 6) is 0.687. The fourth-order valence-electron chi connectivity index (χ4n) is 1.86. The maximum atomic E-state index is 11.5. The third-order valence-corrected chi connectivity index (χ3v) is 3.57. The van der Waals surface area contributed by atoms with Crippen LogP contribution in [0.3, 0.4) is 0 Å². The molecule has 0 aliphatic rings. The minimum atomic E-state index is -0.305. The van der Waals surface area contributed by atoms with Crippen LogP contribution in [0, 0.1) is 0 Å². The molecule has 2 amide bonds. The van der Waals surface area contributed by atoms with Crippen LogP contribution in [0.1, 0.15) is 0 Å². The van der Waals surface area contributed by atoms with Gasteiger partial charge in [0.05, 0.1) is 0 Å². The first-order chi connectivity index (χ1) is 10.3. The Morgan fingerprint density at radius 2 is 2.29 bits per heavy atom. The van der Waals surface area contributed by atoms with Gasteiger partial charge in [-0.1, -0.05) is 24.3 Å². The molecule has 0 fully saturated rings. The zero-order valence-corrected chi connectivity index (χ0v) is 11.9. The van der Waals surface area contributed by atoms with Crippen molar-refractivity contribution in [2.24, 2.45) is 0 Å². The molecule has 3 aromatic rings. The van der Waals surface area contributed by atoms with Crippen LogP contribution in [0.15, 0.2) is 52.8 Å². The van der Waals surface area contributed by atoms with Crippen LogP contribution in [-0.4, -0.2) is 17.6 Å². The number of amides is 2. The number of fused-ring (bicyclic) bond motifs is 1. The number of aromatic nitrogens is 1. The smallest absolute Gasteiger partial charge is 0.321 e. The van der Waals surface area contributed by atoms with E-state index in [4.69, 9.17) is 4.42 Å². The van der Waals surface area contributed by atoms with Gasteiger partial charge >= 0.3 is 6.03 Å². The van der Waals surface area contributed by atoms with E-state index in [0.29, 0.717) is 23.1 Å². The minimum Gasteiger partial charge on any atom is -0.454 e. The van der Waals surface area contributed by atoms with Crippen molar-refractivity contribution < 1.29 is 9.21 Å². The van der Waals surface area contributed by atoms with Gasteiger partial charge in [-0.25, -0.2) is 9.78 Å². The number of thiazole rings is 1. The molecule has 3 rings (SSSR count). The lowest BCUT2D eigenvalue weighted by Gasteiger charge is -2.01. The van der Waals surface area contributed by atoms with Gasteiger partial charge in [-0.15, -0.1) is 17.9 Å². The molecular formula is C15H13N3O2S. The highest BCUT2D eigenvalue weighted by molar-refractivity contribution is 7.14. The number of nitrogens with one attached hydrogen (secondary N) is 2. The molecule has 0 spiro atoms. The molecule has 6 heteroatoms. The normalized spacial score (nSPS) is 10.5. The van der Waals surface area contributed by atoms with E-state index in [-0.39, 0.29) is 6.03 Å². The summed E-state index contributed by atoms with van der Waals surface area (Å²) in [6, 6.07) is 9.41. The third kappa shape index (κ3) is 2.95. The molecular weight excluding hydrogens is 286 g/mol. The predicted molar refractivity (Wildman–Crippen MR) is 84.5 cm³/mol. The molecule has 0 unspecified atom stereocenters. The first-order valence-corrected chi connectivity index (χ1v) is 7.24. The molecule has 0 saturated carbocycles. The highest BCUT2D eigenvalue weighted by Crippen LogP contribution is 2.29. The van der Waals surface area contributed by atoms with Crippen LogP contribution in [0.4, 0.5) is 9.93 Å². The first kappa shape index (κ1) is 13.4. The average Bonchev–Trinajstić information content (AvgIpc) is 3.10. The minimum absolute atomic E-state index is 0.305. The molecule has 106 valence electrons. The Bertz CT molecular complexity index is 758. The lowest BCUT2D eigenvalue weighted by molar-refractivity contribution is 0.253.